The second-order valence-electron chi connectivity index (χ2n) is 4.26. The molecule has 0 unspecified atom stereocenters. The first kappa shape index (κ1) is 10.7. The van der Waals surface area contributed by atoms with Crippen molar-refractivity contribution < 1.29 is 4.79 Å². The molecule has 0 saturated carbocycles. The second-order valence-corrected chi connectivity index (χ2v) is 4.26. The first-order valence-corrected chi connectivity index (χ1v) is 5.77. The third kappa shape index (κ3) is 1.70. The van der Waals surface area contributed by atoms with Gasteiger partial charge in [0.15, 0.2) is 5.78 Å². The summed E-state index contributed by atoms with van der Waals surface area (Å²) in [6.07, 6.45) is 3.34. The number of fused-ring (bicyclic) bond motifs is 1. The molecule has 0 fully saturated rings. The van der Waals surface area contributed by atoms with Crippen molar-refractivity contribution in [3.05, 3.63) is 66.0 Å². The summed E-state index contributed by atoms with van der Waals surface area (Å²) in [6.45, 7) is 0. The minimum atomic E-state index is 0.0138. The van der Waals surface area contributed by atoms with Crippen LogP contribution in [0.2, 0.25) is 0 Å². The molecule has 0 aliphatic heterocycles. The van der Waals surface area contributed by atoms with E-state index in [-0.39, 0.29) is 5.78 Å². The maximum absolute atomic E-state index is 12.4. The van der Waals surface area contributed by atoms with Crippen molar-refractivity contribution in [2.45, 2.75) is 0 Å². The van der Waals surface area contributed by atoms with Gasteiger partial charge in [-0.25, -0.2) is 0 Å². The topological polar surface area (TPSA) is 34.9 Å². The van der Waals surface area contributed by atoms with Crippen LogP contribution in [0, 0.1) is 0 Å². The summed E-state index contributed by atoms with van der Waals surface area (Å²) in [5.41, 5.74) is 1.34. The van der Waals surface area contributed by atoms with Crippen LogP contribution in [0.25, 0.3) is 10.8 Å². The number of hydrogen-bond donors (Lipinski definition) is 0. The predicted octanol–water partition coefficient (Wildman–Crippen LogP) is 2.80. The molecule has 3 nitrogen and oxygen atoms in total. The Morgan fingerprint density at radius 2 is 1.89 bits per heavy atom. The summed E-state index contributed by atoms with van der Waals surface area (Å²) in [5, 5.41) is 6.10. The largest absolute Gasteiger partial charge is 0.288 e. The van der Waals surface area contributed by atoms with E-state index in [9.17, 15) is 4.79 Å². The number of hydrogen-bond acceptors (Lipinski definition) is 2. The Hall–Kier alpha value is -2.42. The van der Waals surface area contributed by atoms with Crippen molar-refractivity contribution >= 4 is 16.6 Å². The van der Waals surface area contributed by atoms with Crippen LogP contribution in [-0.4, -0.2) is 15.6 Å². The number of carbonyl (C=O) groups is 1. The lowest BCUT2D eigenvalue weighted by molar-refractivity contribution is 0.104. The summed E-state index contributed by atoms with van der Waals surface area (Å²) >= 11 is 0. The molecule has 1 heterocycles. The Kier molecular flexibility index (Phi) is 2.45. The monoisotopic (exact) mass is 236 g/mol. The molecule has 0 N–H and O–H groups in total. The number of aryl methyl sites for hydroxylation is 1. The lowest BCUT2D eigenvalue weighted by Crippen LogP contribution is -2.00. The van der Waals surface area contributed by atoms with Crippen molar-refractivity contribution in [2.24, 2.45) is 7.05 Å². The molecule has 88 valence electrons. The third-order valence-corrected chi connectivity index (χ3v) is 3.00. The lowest BCUT2D eigenvalue weighted by Gasteiger charge is -2.03. The van der Waals surface area contributed by atoms with Crippen LogP contribution in [0.1, 0.15) is 15.9 Å². The van der Waals surface area contributed by atoms with Gasteiger partial charge in [0, 0.05) is 18.8 Å². The van der Waals surface area contributed by atoms with Crippen molar-refractivity contribution in [1.29, 1.82) is 0 Å². The lowest BCUT2D eigenvalue weighted by atomic mass is 9.99. The molecule has 0 spiro atoms. The van der Waals surface area contributed by atoms with Crippen LogP contribution < -0.4 is 0 Å². The van der Waals surface area contributed by atoms with E-state index in [4.69, 9.17) is 0 Å². The van der Waals surface area contributed by atoms with Crippen molar-refractivity contribution in [1.82, 2.24) is 9.78 Å². The fraction of sp³-hybridized carbons (Fsp3) is 0.0667. The minimum absolute atomic E-state index is 0.0138. The zero-order valence-corrected chi connectivity index (χ0v) is 10.00. The molecule has 0 saturated heterocycles. The van der Waals surface area contributed by atoms with Crippen LogP contribution in [0.15, 0.2) is 54.9 Å². The molecule has 0 aliphatic rings. The molecule has 0 amide bonds. The molecular weight excluding hydrogens is 224 g/mol. The molecule has 18 heavy (non-hydrogen) atoms. The molecule has 0 atom stereocenters. The number of ketones is 1. The normalized spacial score (nSPS) is 10.7. The molecule has 0 bridgehead atoms. The van der Waals surface area contributed by atoms with Crippen LogP contribution in [0.5, 0.6) is 0 Å². The maximum atomic E-state index is 12.4. The highest BCUT2D eigenvalue weighted by molar-refractivity contribution is 6.16. The van der Waals surface area contributed by atoms with Crippen molar-refractivity contribution in [3.8, 4) is 0 Å². The Morgan fingerprint density at radius 3 is 2.67 bits per heavy atom. The standard InChI is InChI=1S/C15H12N2O/c1-17-10-12(9-16-17)15(18)14-8-4-6-11-5-2-3-7-13(11)14/h2-10H,1H3. The Labute approximate surface area is 105 Å². The molecular formula is C15H12N2O. The fourth-order valence-electron chi connectivity index (χ4n) is 2.12. The Balaban J connectivity index is 2.17. The molecule has 3 heteroatoms. The van der Waals surface area contributed by atoms with Crippen LogP contribution in [-0.2, 0) is 7.05 Å². The van der Waals surface area contributed by atoms with E-state index < -0.39 is 0 Å². The van der Waals surface area contributed by atoms with Gasteiger partial charge in [-0.3, -0.25) is 9.48 Å². The summed E-state index contributed by atoms with van der Waals surface area (Å²) in [5.74, 6) is 0.0138. The van der Waals surface area contributed by atoms with E-state index >= 15 is 0 Å². The number of benzene rings is 2. The summed E-state index contributed by atoms with van der Waals surface area (Å²) < 4.78 is 1.64. The summed E-state index contributed by atoms with van der Waals surface area (Å²) in [4.78, 5) is 12.4. The van der Waals surface area contributed by atoms with Gasteiger partial charge in [0.2, 0.25) is 0 Å². The first-order chi connectivity index (χ1) is 8.75. The van der Waals surface area contributed by atoms with E-state index in [0.29, 0.717) is 5.56 Å². The molecule has 1 aromatic heterocycles. The van der Waals surface area contributed by atoms with Gasteiger partial charge in [-0.05, 0) is 10.8 Å². The minimum Gasteiger partial charge on any atom is -0.288 e. The molecule has 2 aromatic carbocycles. The fourth-order valence-corrected chi connectivity index (χ4v) is 2.12. The Morgan fingerprint density at radius 1 is 1.11 bits per heavy atom. The van der Waals surface area contributed by atoms with Crippen molar-refractivity contribution in [2.75, 3.05) is 0 Å². The average molecular weight is 236 g/mol. The molecule has 3 rings (SSSR count). The van der Waals surface area contributed by atoms with Gasteiger partial charge in [0.25, 0.3) is 0 Å². The first-order valence-electron chi connectivity index (χ1n) is 5.77. The quantitative estimate of drug-likeness (QED) is 0.641. The van der Waals surface area contributed by atoms with Gasteiger partial charge in [-0.1, -0.05) is 42.5 Å². The molecule has 3 aromatic rings. The van der Waals surface area contributed by atoms with Crippen LogP contribution in [0.4, 0.5) is 0 Å². The second kappa shape index (κ2) is 4.11. The summed E-state index contributed by atoms with van der Waals surface area (Å²) in [6, 6.07) is 13.7. The van der Waals surface area contributed by atoms with Crippen LogP contribution >= 0.6 is 0 Å². The van der Waals surface area contributed by atoms with E-state index in [0.717, 1.165) is 16.3 Å². The molecule has 0 aliphatic carbocycles. The van der Waals surface area contributed by atoms with E-state index in [1.807, 2.05) is 42.5 Å². The zero-order valence-electron chi connectivity index (χ0n) is 10.00. The highest BCUT2D eigenvalue weighted by Gasteiger charge is 2.13. The number of nitrogens with zero attached hydrogens (tertiary/aromatic N) is 2. The smallest absolute Gasteiger partial charge is 0.196 e. The van der Waals surface area contributed by atoms with Crippen LogP contribution in [0.3, 0.4) is 0 Å². The van der Waals surface area contributed by atoms with E-state index in [1.165, 1.54) is 0 Å². The van der Waals surface area contributed by atoms with Gasteiger partial charge in [0.1, 0.15) is 0 Å². The predicted molar refractivity (Wildman–Crippen MR) is 70.6 cm³/mol. The SMILES string of the molecule is Cn1cc(C(=O)c2cccc3ccccc23)cn1. The van der Waals surface area contributed by atoms with E-state index in [2.05, 4.69) is 5.10 Å². The number of carbonyl (C=O) groups excluding carboxylic acids is 1. The van der Waals surface area contributed by atoms with Gasteiger partial charge in [-0.15, -0.1) is 0 Å². The Bertz CT molecular complexity index is 723. The van der Waals surface area contributed by atoms with E-state index in [1.54, 1.807) is 24.1 Å². The zero-order chi connectivity index (χ0) is 12.5. The van der Waals surface area contributed by atoms with Gasteiger partial charge >= 0.3 is 0 Å². The number of rotatable bonds is 2. The van der Waals surface area contributed by atoms with Gasteiger partial charge in [-0.2, -0.15) is 5.10 Å². The third-order valence-electron chi connectivity index (χ3n) is 3.00. The molecule has 0 radical (unpaired) electrons. The highest BCUT2D eigenvalue weighted by Crippen LogP contribution is 2.21. The summed E-state index contributed by atoms with van der Waals surface area (Å²) in [7, 11) is 1.81. The number of aromatic nitrogens is 2. The van der Waals surface area contributed by atoms with Crippen molar-refractivity contribution in [3.63, 3.8) is 0 Å². The van der Waals surface area contributed by atoms with Gasteiger partial charge < -0.3 is 0 Å². The maximum Gasteiger partial charge on any atom is 0.196 e. The highest BCUT2D eigenvalue weighted by atomic mass is 16.1. The van der Waals surface area contributed by atoms with Gasteiger partial charge in [0.05, 0.1) is 11.8 Å². The average Bonchev–Trinajstić information content (AvgIpc) is 2.84.